The van der Waals surface area contributed by atoms with Gasteiger partial charge in [-0.05, 0) is 42.3 Å². The van der Waals surface area contributed by atoms with E-state index in [1.807, 2.05) is 91.0 Å². The van der Waals surface area contributed by atoms with Crippen molar-refractivity contribution in [2.24, 2.45) is 0 Å². The third kappa shape index (κ3) is 4.58. The van der Waals surface area contributed by atoms with Gasteiger partial charge in [-0.15, -0.1) is 11.3 Å². The van der Waals surface area contributed by atoms with Gasteiger partial charge >= 0.3 is 0 Å². The second-order valence-electron chi connectivity index (χ2n) is 8.03. The fraction of sp³-hybridized carbons (Fsp3) is 0.107. The number of nitrogens with zero attached hydrogens (tertiary/aromatic N) is 2. The molecular weight excluding hydrogens is 456 g/mol. The summed E-state index contributed by atoms with van der Waals surface area (Å²) >= 11 is 1.35. The lowest BCUT2D eigenvalue weighted by atomic mass is 9.91. The highest BCUT2D eigenvalue weighted by molar-refractivity contribution is 7.17. The minimum absolute atomic E-state index is 0.305. The van der Waals surface area contributed by atoms with Crippen LogP contribution in [-0.2, 0) is 11.3 Å². The quantitative estimate of drug-likeness (QED) is 0.321. The van der Waals surface area contributed by atoms with Crippen molar-refractivity contribution in [3.05, 3.63) is 113 Å². The molecule has 0 aliphatic heterocycles. The lowest BCUT2D eigenvalue weighted by molar-refractivity contribution is -0.122. The monoisotopic (exact) mass is 480 g/mol. The fourth-order valence-corrected chi connectivity index (χ4v) is 5.10. The van der Waals surface area contributed by atoms with Gasteiger partial charge in [-0.2, -0.15) is 0 Å². The fourth-order valence-electron chi connectivity index (χ4n) is 4.20. The SMILES string of the molecule is CCn1c(-c2ccc(C(=O)NNC(=O)C(c3ccccc3)c3ccccc3)s2)nc2ccccc21. The molecule has 0 spiro atoms. The number of aromatic nitrogens is 2. The van der Waals surface area contributed by atoms with Gasteiger partial charge in [-0.1, -0.05) is 72.8 Å². The highest BCUT2D eigenvalue weighted by atomic mass is 32.1. The second-order valence-corrected chi connectivity index (χ2v) is 9.11. The Morgan fingerprint density at radius 3 is 2.11 bits per heavy atom. The number of imidazole rings is 1. The molecule has 0 unspecified atom stereocenters. The number of carbonyl (C=O) groups excluding carboxylic acids is 2. The van der Waals surface area contributed by atoms with Crippen molar-refractivity contribution in [3.8, 4) is 10.7 Å². The number of rotatable bonds is 6. The molecule has 2 heterocycles. The Labute approximate surface area is 207 Å². The molecule has 5 rings (SSSR count). The number of aryl methyl sites for hydroxylation is 1. The number of para-hydroxylation sites is 2. The topological polar surface area (TPSA) is 76.0 Å². The molecule has 0 saturated carbocycles. The van der Waals surface area contributed by atoms with Crippen LogP contribution in [0.15, 0.2) is 97.1 Å². The lowest BCUT2D eigenvalue weighted by Crippen LogP contribution is -2.44. The minimum atomic E-state index is -0.541. The molecule has 0 saturated heterocycles. The molecule has 2 amide bonds. The number of benzene rings is 3. The Hall–Kier alpha value is -4.23. The van der Waals surface area contributed by atoms with E-state index in [1.54, 1.807) is 6.07 Å². The van der Waals surface area contributed by atoms with Crippen LogP contribution in [0.3, 0.4) is 0 Å². The molecule has 3 aromatic carbocycles. The van der Waals surface area contributed by atoms with Gasteiger partial charge in [0, 0.05) is 6.54 Å². The van der Waals surface area contributed by atoms with Crippen LogP contribution in [0.4, 0.5) is 0 Å². The van der Waals surface area contributed by atoms with Crippen LogP contribution in [-0.4, -0.2) is 21.4 Å². The number of amides is 2. The zero-order valence-electron chi connectivity index (χ0n) is 19.1. The smallest absolute Gasteiger partial charge is 0.279 e. The molecule has 174 valence electrons. The number of hydrogen-bond donors (Lipinski definition) is 2. The van der Waals surface area contributed by atoms with Gasteiger partial charge in [0.05, 0.1) is 26.7 Å². The van der Waals surface area contributed by atoms with Gasteiger partial charge in [0.2, 0.25) is 5.91 Å². The predicted octanol–water partition coefficient (Wildman–Crippen LogP) is 5.38. The molecule has 35 heavy (non-hydrogen) atoms. The summed E-state index contributed by atoms with van der Waals surface area (Å²) in [7, 11) is 0. The van der Waals surface area contributed by atoms with Gasteiger partial charge in [-0.25, -0.2) is 4.98 Å². The Balaban J connectivity index is 1.33. The highest BCUT2D eigenvalue weighted by Crippen LogP contribution is 2.30. The van der Waals surface area contributed by atoms with Crippen molar-refractivity contribution in [3.63, 3.8) is 0 Å². The Bertz CT molecular complexity index is 1440. The van der Waals surface area contributed by atoms with Gasteiger partial charge in [0.1, 0.15) is 0 Å². The molecule has 0 radical (unpaired) electrons. The van der Waals surface area contributed by atoms with Crippen LogP contribution >= 0.6 is 11.3 Å². The number of thiophene rings is 1. The highest BCUT2D eigenvalue weighted by Gasteiger charge is 2.23. The maximum Gasteiger partial charge on any atom is 0.279 e. The first-order valence-corrected chi connectivity index (χ1v) is 12.2. The standard InChI is InChI=1S/C28H24N4O2S/c1-2-32-22-16-10-9-15-21(22)29-26(32)23-17-18-24(35-23)27(33)30-31-28(34)25(19-11-5-3-6-12-19)20-13-7-4-8-14-20/h3-18,25H,2H2,1H3,(H,30,33)(H,31,34). The van der Waals surface area contributed by atoms with Crippen molar-refractivity contribution < 1.29 is 9.59 Å². The van der Waals surface area contributed by atoms with Crippen molar-refractivity contribution in [1.29, 1.82) is 0 Å². The van der Waals surface area contributed by atoms with Crippen molar-refractivity contribution in [2.45, 2.75) is 19.4 Å². The first-order chi connectivity index (χ1) is 17.2. The van der Waals surface area contributed by atoms with E-state index in [0.717, 1.165) is 39.4 Å². The summed E-state index contributed by atoms with van der Waals surface area (Å²) in [6.45, 7) is 2.84. The average Bonchev–Trinajstić information content (AvgIpc) is 3.53. The maximum atomic E-state index is 13.2. The third-order valence-corrected chi connectivity index (χ3v) is 6.93. The average molecular weight is 481 g/mol. The molecule has 0 atom stereocenters. The van der Waals surface area contributed by atoms with Gasteiger partial charge in [-0.3, -0.25) is 20.4 Å². The Morgan fingerprint density at radius 1 is 0.829 bits per heavy atom. The van der Waals surface area contributed by atoms with E-state index in [1.165, 1.54) is 11.3 Å². The van der Waals surface area contributed by atoms with Crippen LogP contribution < -0.4 is 10.9 Å². The molecule has 2 aromatic heterocycles. The van der Waals surface area contributed by atoms with Gasteiger partial charge in [0.15, 0.2) is 5.82 Å². The van der Waals surface area contributed by atoms with E-state index < -0.39 is 5.92 Å². The minimum Gasteiger partial charge on any atom is -0.324 e. The summed E-state index contributed by atoms with van der Waals surface area (Å²) in [5.41, 5.74) is 8.88. The summed E-state index contributed by atoms with van der Waals surface area (Å²) in [5, 5.41) is 0. The largest absolute Gasteiger partial charge is 0.324 e. The van der Waals surface area contributed by atoms with Gasteiger partial charge in [0.25, 0.3) is 5.91 Å². The number of carbonyl (C=O) groups is 2. The van der Waals surface area contributed by atoms with Gasteiger partial charge < -0.3 is 4.57 Å². The predicted molar refractivity (Wildman–Crippen MR) is 139 cm³/mol. The Morgan fingerprint density at radius 2 is 1.46 bits per heavy atom. The molecule has 0 bridgehead atoms. The maximum absolute atomic E-state index is 13.2. The van der Waals surface area contributed by atoms with Crippen molar-refractivity contribution in [1.82, 2.24) is 20.4 Å². The molecule has 0 fully saturated rings. The molecule has 6 nitrogen and oxygen atoms in total. The van der Waals surface area contributed by atoms with Crippen LogP contribution in [0, 0.1) is 0 Å². The molecule has 7 heteroatoms. The third-order valence-electron chi connectivity index (χ3n) is 5.85. The molecule has 0 aliphatic carbocycles. The van der Waals surface area contributed by atoms with Crippen LogP contribution in [0.5, 0.6) is 0 Å². The summed E-state index contributed by atoms with van der Waals surface area (Å²) in [6.07, 6.45) is 0. The van der Waals surface area contributed by atoms with Crippen LogP contribution in [0.2, 0.25) is 0 Å². The van der Waals surface area contributed by atoms with Crippen molar-refractivity contribution in [2.75, 3.05) is 0 Å². The first-order valence-electron chi connectivity index (χ1n) is 11.4. The van der Waals surface area contributed by atoms with Crippen molar-refractivity contribution >= 4 is 34.2 Å². The zero-order chi connectivity index (χ0) is 24.2. The summed E-state index contributed by atoms with van der Waals surface area (Å²) < 4.78 is 2.13. The summed E-state index contributed by atoms with van der Waals surface area (Å²) in [4.78, 5) is 32.2. The lowest BCUT2D eigenvalue weighted by Gasteiger charge is -2.18. The summed E-state index contributed by atoms with van der Waals surface area (Å²) in [5.74, 6) is -0.384. The van der Waals surface area contributed by atoms with Crippen LogP contribution in [0.25, 0.3) is 21.7 Å². The summed E-state index contributed by atoms with van der Waals surface area (Å²) in [6, 6.07) is 30.7. The first kappa shape index (κ1) is 22.6. The number of fused-ring (bicyclic) bond motifs is 1. The normalized spacial score (nSPS) is 11.0. The number of hydrogen-bond acceptors (Lipinski definition) is 4. The molecule has 5 aromatic rings. The zero-order valence-corrected chi connectivity index (χ0v) is 20.0. The van der Waals surface area contributed by atoms with E-state index in [9.17, 15) is 9.59 Å². The molecular formula is C28H24N4O2S. The number of nitrogens with one attached hydrogen (secondary N) is 2. The number of hydrazine groups is 1. The Kier molecular flexibility index (Phi) is 6.41. The van der Waals surface area contributed by atoms with E-state index >= 15 is 0 Å². The van der Waals surface area contributed by atoms with E-state index in [2.05, 4.69) is 22.3 Å². The second kappa shape index (κ2) is 9.95. The van der Waals surface area contributed by atoms with Crippen LogP contribution in [0.1, 0.15) is 33.6 Å². The van der Waals surface area contributed by atoms with E-state index in [4.69, 9.17) is 4.98 Å². The van der Waals surface area contributed by atoms with E-state index in [0.29, 0.717) is 4.88 Å². The molecule has 2 N–H and O–H groups in total. The molecule has 0 aliphatic rings. The van der Waals surface area contributed by atoms with E-state index in [-0.39, 0.29) is 11.8 Å².